The molecule has 0 aliphatic carbocycles. The Balaban J connectivity index is 1.42. The molecule has 0 radical (unpaired) electrons. The largest absolute Gasteiger partial charge is 0.497 e. The van der Waals surface area contributed by atoms with Gasteiger partial charge in [-0.15, -0.1) is 0 Å². The molecule has 4 rings (SSSR count). The van der Waals surface area contributed by atoms with Crippen molar-refractivity contribution in [1.29, 1.82) is 0 Å². The van der Waals surface area contributed by atoms with Crippen LogP contribution in [0.1, 0.15) is 18.0 Å². The van der Waals surface area contributed by atoms with Gasteiger partial charge in [-0.3, -0.25) is 14.9 Å². The molecule has 2 aromatic carbocycles. The second-order valence-corrected chi connectivity index (χ2v) is 6.44. The molecule has 1 atom stereocenters. The summed E-state index contributed by atoms with van der Waals surface area (Å²) in [6.07, 6.45) is 1.65. The summed E-state index contributed by atoms with van der Waals surface area (Å²) in [5, 5.41) is 9.63. The fraction of sp³-hybridized carbons (Fsp3) is 0.200. The smallest absolute Gasteiger partial charge is 0.262 e. The highest BCUT2D eigenvalue weighted by atomic mass is 16.5. The van der Waals surface area contributed by atoms with E-state index >= 15 is 0 Å². The van der Waals surface area contributed by atoms with E-state index in [-0.39, 0.29) is 30.9 Å². The number of benzene rings is 2. The molecule has 1 unspecified atom stereocenters. The minimum absolute atomic E-state index is 0.125. The summed E-state index contributed by atoms with van der Waals surface area (Å²) >= 11 is 0. The maximum Gasteiger partial charge on any atom is 0.262 e. The van der Waals surface area contributed by atoms with Gasteiger partial charge in [-0.25, -0.2) is 4.68 Å². The number of amides is 2. The number of nitrogens with zero attached hydrogens (tertiary/aromatic N) is 3. The fourth-order valence-corrected chi connectivity index (χ4v) is 3.12. The van der Waals surface area contributed by atoms with Crippen LogP contribution in [0.4, 0.5) is 11.6 Å². The predicted molar refractivity (Wildman–Crippen MR) is 105 cm³/mol. The molecule has 0 spiro atoms. The number of carbonyl (C=O) groups excluding carboxylic acids is 2. The quantitative estimate of drug-likeness (QED) is 0.665. The van der Waals surface area contributed by atoms with Crippen LogP contribution in [0.15, 0.2) is 54.9 Å². The van der Waals surface area contributed by atoms with Crippen LogP contribution in [-0.2, 0) is 9.59 Å². The van der Waals surface area contributed by atoms with Crippen LogP contribution in [0.3, 0.4) is 0 Å². The molecular weight excluding hydrogens is 374 g/mol. The standard InChI is InChI=1S/C20H19N5O4/c1-28-15-6-3-5-14(9-15)23-19(27)11-29-16-7-2-4-13(8-16)17-10-18(26)24-20-21-12-22-25(17)20/h2-9,12,17H,10-11H2,1H3,(H,23,27)(H,21,22,24,26). The Bertz CT molecular complexity index is 1050. The van der Waals surface area contributed by atoms with Gasteiger partial charge in [0.1, 0.15) is 17.8 Å². The topological polar surface area (TPSA) is 107 Å². The van der Waals surface area contributed by atoms with Crippen molar-refractivity contribution < 1.29 is 19.1 Å². The van der Waals surface area contributed by atoms with Gasteiger partial charge in [-0.2, -0.15) is 10.1 Å². The van der Waals surface area contributed by atoms with Gasteiger partial charge in [0.15, 0.2) is 6.61 Å². The molecule has 29 heavy (non-hydrogen) atoms. The molecule has 9 heteroatoms. The summed E-state index contributed by atoms with van der Waals surface area (Å²) in [7, 11) is 1.56. The van der Waals surface area contributed by atoms with E-state index in [1.54, 1.807) is 48.2 Å². The van der Waals surface area contributed by atoms with Crippen LogP contribution in [0.25, 0.3) is 0 Å². The Morgan fingerprint density at radius 2 is 2.07 bits per heavy atom. The predicted octanol–water partition coefficient (Wildman–Crippen LogP) is 2.24. The Morgan fingerprint density at radius 1 is 1.24 bits per heavy atom. The lowest BCUT2D eigenvalue weighted by Crippen LogP contribution is -2.29. The highest BCUT2D eigenvalue weighted by Crippen LogP contribution is 2.30. The zero-order valence-corrected chi connectivity index (χ0v) is 15.7. The Morgan fingerprint density at radius 3 is 2.93 bits per heavy atom. The van der Waals surface area contributed by atoms with Crippen molar-refractivity contribution in [2.75, 3.05) is 24.4 Å². The summed E-state index contributed by atoms with van der Waals surface area (Å²) < 4.78 is 12.4. The molecule has 3 aromatic rings. The normalized spacial score (nSPS) is 15.2. The number of anilines is 2. The van der Waals surface area contributed by atoms with E-state index in [0.717, 1.165) is 5.56 Å². The average molecular weight is 393 g/mol. The first-order chi connectivity index (χ1) is 14.1. The minimum Gasteiger partial charge on any atom is -0.497 e. The first-order valence-corrected chi connectivity index (χ1v) is 8.98. The van der Waals surface area contributed by atoms with Gasteiger partial charge < -0.3 is 14.8 Å². The number of methoxy groups -OCH3 is 1. The number of nitrogens with one attached hydrogen (secondary N) is 2. The zero-order valence-electron chi connectivity index (χ0n) is 15.7. The van der Waals surface area contributed by atoms with Gasteiger partial charge in [0.25, 0.3) is 5.91 Å². The maximum absolute atomic E-state index is 12.2. The number of hydrogen-bond acceptors (Lipinski definition) is 6. The first kappa shape index (κ1) is 18.5. The Labute approximate surface area is 166 Å². The summed E-state index contributed by atoms with van der Waals surface area (Å²) in [5.41, 5.74) is 1.47. The van der Waals surface area contributed by atoms with Gasteiger partial charge in [0.2, 0.25) is 11.9 Å². The van der Waals surface area contributed by atoms with Crippen molar-refractivity contribution in [3.05, 3.63) is 60.4 Å². The van der Waals surface area contributed by atoms with Crippen LogP contribution < -0.4 is 20.1 Å². The minimum atomic E-state index is -0.292. The monoisotopic (exact) mass is 393 g/mol. The van der Waals surface area contributed by atoms with E-state index in [1.165, 1.54) is 6.33 Å². The van der Waals surface area contributed by atoms with Crippen molar-refractivity contribution in [2.24, 2.45) is 0 Å². The highest BCUT2D eigenvalue weighted by Gasteiger charge is 2.27. The molecule has 0 bridgehead atoms. The summed E-state index contributed by atoms with van der Waals surface area (Å²) in [6.45, 7) is -0.152. The van der Waals surface area contributed by atoms with Gasteiger partial charge in [0.05, 0.1) is 19.6 Å². The van der Waals surface area contributed by atoms with Gasteiger partial charge in [-0.1, -0.05) is 18.2 Å². The second-order valence-electron chi connectivity index (χ2n) is 6.44. The van der Waals surface area contributed by atoms with Crippen molar-refractivity contribution in [1.82, 2.24) is 14.8 Å². The molecule has 0 fully saturated rings. The van der Waals surface area contributed by atoms with Gasteiger partial charge in [-0.05, 0) is 29.8 Å². The number of rotatable bonds is 6. The second kappa shape index (κ2) is 8.01. The summed E-state index contributed by atoms with van der Waals surface area (Å²) in [6, 6.07) is 14.1. The molecule has 2 N–H and O–H groups in total. The zero-order chi connectivity index (χ0) is 20.2. The third-order valence-corrected chi connectivity index (χ3v) is 4.46. The van der Waals surface area contributed by atoms with Crippen LogP contribution in [-0.4, -0.2) is 40.3 Å². The van der Waals surface area contributed by atoms with E-state index in [0.29, 0.717) is 23.1 Å². The van der Waals surface area contributed by atoms with Crippen molar-refractivity contribution in [3.8, 4) is 11.5 Å². The fourth-order valence-electron chi connectivity index (χ4n) is 3.12. The molecule has 2 amide bonds. The van der Waals surface area contributed by atoms with E-state index in [1.807, 2.05) is 12.1 Å². The molecule has 1 aliphatic rings. The van der Waals surface area contributed by atoms with Crippen LogP contribution in [0.5, 0.6) is 11.5 Å². The SMILES string of the molecule is COc1cccc(NC(=O)COc2cccc(C3CC(=O)Nc4ncnn43)c2)c1. The Kier molecular flexibility index (Phi) is 5.10. The van der Waals surface area contributed by atoms with Gasteiger partial charge in [0, 0.05) is 11.8 Å². The number of hydrogen-bond donors (Lipinski definition) is 2. The molecular formula is C20H19N5O4. The molecule has 9 nitrogen and oxygen atoms in total. The van der Waals surface area contributed by atoms with Crippen molar-refractivity contribution in [2.45, 2.75) is 12.5 Å². The number of fused-ring (bicyclic) bond motifs is 1. The van der Waals surface area contributed by atoms with Crippen molar-refractivity contribution >= 4 is 23.5 Å². The summed E-state index contributed by atoms with van der Waals surface area (Å²) in [4.78, 5) is 28.2. The lowest BCUT2D eigenvalue weighted by molar-refractivity contribution is -0.118. The van der Waals surface area contributed by atoms with E-state index in [9.17, 15) is 9.59 Å². The molecule has 148 valence electrons. The number of carbonyl (C=O) groups is 2. The van der Waals surface area contributed by atoms with E-state index in [2.05, 4.69) is 20.7 Å². The average Bonchev–Trinajstić information content (AvgIpc) is 3.20. The molecule has 0 saturated heterocycles. The highest BCUT2D eigenvalue weighted by molar-refractivity contribution is 5.92. The number of aromatic nitrogens is 3. The molecule has 2 heterocycles. The van der Waals surface area contributed by atoms with E-state index in [4.69, 9.17) is 9.47 Å². The third kappa shape index (κ3) is 4.18. The lowest BCUT2D eigenvalue weighted by atomic mass is 10.0. The third-order valence-electron chi connectivity index (χ3n) is 4.46. The first-order valence-electron chi connectivity index (χ1n) is 8.98. The van der Waals surface area contributed by atoms with Crippen molar-refractivity contribution in [3.63, 3.8) is 0 Å². The number of ether oxygens (including phenoxy) is 2. The molecule has 1 aliphatic heterocycles. The maximum atomic E-state index is 12.2. The van der Waals surface area contributed by atoms with E-state index < -0.39 is 0 Å². The molecule has 1 aromatic heterocycles. The molecule has 0 saturated carbocycles. The lowest BCUT2D eigenvalue weighted by Gasteiger charge is -2.24. The van der Waals surface area contributed by atoms with Gasteiger partial charge >= 0.3 is 0 Å². The Hall–Kier alpha value is -3.88. The summed E-state index contributed by atoms with van der Waals surface area (Å²) in [5.74, 6) is 1.17. The van der Waals surface area contributed by atoms with Crippen LogP contribution >= 0.6 is 0 Å². The van der Waals surface area contributed by atoms with Crippen LogP contribution in [0, 0.1) is 0 Å². The van der Waals surface area contributed by atoms with Crippen LogP contribution in [0.2, 0.25) is 0 Å².